The molecule has 0 aliphatic carbocycles. The largest absolute Gasteiger partial charge is 0.480 e. The summed E-state index contributed by atoms with van der Waals surface area (Å²) >= 11 is 1.75. The predicted octanol–water partition coefficient (Wildman–Crippen LogP) is 2.26. The number of carboxylic acids is 1. The van der Waals surface area contributed by atoms with Gasteiger partial charge in [-0.25, -0.2) is 0 Å². The number of nitrogens with zero attached hydrogens (tertiary/aromatic N) is 2. The number of likely N-dealkylation sites (tertiary alicyclic amines) is 2. The van der Waals surface area contributed by atoms with Crippen molar-refractivity contribution in [2.75, 3.05) is 19.6 Å². The topological polar surface area (TPSA) is 43.8 Å². The van der Waals surface area contributed by atoms with E-state index < -0.39 is 5.97 Å². The molecule has 2 aliphatic heterocycles. The number of carbonyl (C=O) groups is 1. The molecule has 4 nitrogen and oxygen atoms in total. The number of thiophene rings is 1. The molecule has 3 rings (SSSR count). The second-order valence-corrected chi connectivity index (χ2v) is 6.65. The van der Waals surface area contributed by atoms with Gasteiger partial charge in [0, 0.05) is 12.6 Å². The van der Waals surface area contributed by atoms with Crippen LogP contribution < -0.4 is 0 Å². The Morgan fingerprint density at radius 2 is 2.10 bits per heavy atom. The van der Waals surface area contributed by atoms with Crippen LogP contribution in [0.2, 0.25) is 0 Å². The Labute approximate surface area is 124 Å². The van der Waals surface area contributed by atoms with Crippen LogP contribution in [0.25, 0.3) is 0 Å². The molecule has 2 saturated heterocycles. The highest BCUT2D eigenvalue weighted by atomic mass is 32.1. The quantitative estimate of drug-likeness (QED) is 0.925. The van der Waals surface area contributed by atoms with Crippen LogP contribution in [-0.4, -0.2) is 52.6 Å². The Balaban J connectivity index is 1.52. The first kappa shape index (κ1) is 14.0. The van der Waals surface area contributed by atoms with Crippen molar-refractivity contribution < 1.29 is 9.90 Å². The average molecular weight is 294 g/mol. The molecule has 20 heavy (non-hydrogen) atoms. The molecular weight excluding hydrogens is 272 g/mol. The number of hydrogen-bond acceptors (Lipinski definition) is 4. The summed E-state index contributed by atoms with van der Waals surface area (Å²) in [7, 11) is 0. The Morgan fingerprint density at radius 1 is 1.30 bits per heavy atom. The van der Waals surface area contributed by atoms with E-state index in [-0.39, 0.29) is 6.04 Å². The van der Waals surface area contributed by atoms with E-state index in [2.05, 4.69) is 26.6 Å². The third-order valence-corrected chi connectivity index (χ3v) is 5.32. The lowest BCUT2D eigenvalue weighted by Crippen LogP contribution is -2.48. The molecule has 0 bridgehead atoms. The van der Waals surface area contributed by atoms with Crippen LogP contribution >= 0.6 is 11.3 Å². The van der Waals surface area contributed by atoms with Gasteiger partial charge in [-0.15, -0.1) is 0 Å². The Morgan fingerprint density at radius 3 is 2.75 bits per heavy atom. The van der Waals surface area contributed by atoms with Crippen LogP contribution in [0.5, 0.6) is 0 Å². The van der Waals surface area contributed by atoms with E-state index >= 15 is 0 Å². The number of aliphatic carboxylic acids is 1. The summed E-state index contributed by atoms with van der Waals surface area (Å²) in [5, 5.41) is 13.6. The van der Waals surface area contributed by atoms with Gasteiger partial charge in [0.1, 0.15) is 6.04 Å². The van der Waals surface area contributed by atoms with Crippen LogP contribution in [0.4, 0.5) is 0 Å². The maximum Gasteiger partial charge on any atom is 0.320 e. The van der Waals surface area contributed by atoms with Crippen molar-refractivity contribution in [2.24, 2.45) is 0 Å². The van der Waals surface area contributed by atoms with E-state index in [1.165, 1.54) is 5.56 Å². The highest BCUT2D eigenvalue weighted by Crippen LogP contribution is 2.26. The monoisotopic (exact) mass is 294 g/mol. The summed E-state index contributed by atoms with van der Waals surface area (Å²) in [5.74, 6) is -0.636. The molecule has 2 fully saturated rings. The van der Waals surface area contributed by atoms with Crippen LogP contribution in [0, 0.1) is 0 Å². The smallest absolute Gasteiger partial charge is 0.320 e. The Kier molecular flexibility index (Phi) is 4.38. The van der Waals surface area contributed by atoms with Crippen molar-refractivity contribution in [2.45, 2.75) is 44.3 Å². The van der Waals surface area contributed by atoms with E-state index in [9.17, 15) is 9.90 Å². The molecule has 0 aromatic carbocycles. The van der Waals surface area contributed by atoms with E-state index in [1.54, 1.807) is 11.3 Å². The predicted molar refractivity (Wildman–Crippen MR) is 80.0 cm³/mol. The summed E-state index contributed by atoms with van der Waals surface area (Å²) in [6, 6.07) is 2.43. The third kappa shape index (κ3) is 3.05. The highest BCUT2D eigenvalue weighted by molar-refractivity contribution is 7.07. The standard InChI is InChI=1S/C15H22N2O2S/c18-15(19)14-2-1-6-17(14)13-3-7-16(8-4-13)10-12-5-9-20-11-12/h5,9,11,13-14H,1-4,6-8,10H2,(H,18,19). The van der Waals surface area contributed by atoms with E-state index in [1.807, 2.05) is 0 Å². The molecule has 1 N–H and O–H groups in total. The summed E-state index contributed by atoms with van der Waals surface area (Å²) in [5.41, 5.74) is 1.40. The fraction of sp³-hybridized carbons (Fsp3) is 0.667. The van der Waals surface area contributed by atoms with Crippen LogP contribution in [-0.2, 0) is 11.3 Å². The van der Waals surface area contributed by atoms with Gasteiger partial charge < -0.3 is 5.11 Å². The van der Waals surface area contributed by atoms with E-state index in [4.69, 9.17) is 0 Å². The third-order valence-electron chi connectivity index (χ3n) is 4.59. The second kappa shape index (κ2) is 6.24. The first-order valence-corrected chi connectivity index (χ1v) is 8.40. The molecule has 0 spiro atoms. The van der Waals surface area contributed by atoms with E-state index in [0.29, 0.717) is 6.04 Å². The van der Waals surface area contributed by atoms with Gasteiger partial charge >= 0.3 is 5.97 Å². The maximum atomic E-state index is 11.3. The van der Waals surface area contributed by atoms with Crippen LogP contribution in [0.3, 0.4) is 0 Å². The summed E-state index contributed by atoms with van der Waals surface area (Å²) < 4.78 is 0. The van der Waals surface area contributed by atoms with Crippen LogP contribution in [0.15, 0.2) is 16.8 Å². The first-order valence-electron chi connectivity index (χ1n) is 7.46. The molecule has 3 heterocycles. The van der Waals surface area contributed by atoms with E-state index in [0.717, 1.165) is 51.9 Å². The molecule has 1 aromatic heterocycles. The summed E-state index contributed by atoms with van der Waals surface area (Å²) in [6.07, 6.45) is 4.07. The normalized spacial score (nSPS) is 26.1. The minimum Gasteiger partial charge on any atom is -0.480 e. The van der Waals surface area contributed by atoms with Gasteiger partial charge in [-0.3, -0.25) is 14.6 Å². The van der Waals surface area contributed by atoms with Crippen molar-refractivity contribution in [1.29, 1.82) is 0 Å². The molecule has 5 heteroatoms. The van der Waals surface area contributed by atoms with Gasteiger partial charge in [0.05, 0.1) is 0 Å². The molecule has 1 unspecified atom stereocenters. The van der Waals surface area contributed by atoms with Gasteiger partial charge in [0.15, 0.2) is 0 Å². The Bertz CT molecular complexity index is 441. The van der Waals surface area contributed by atoms with Gasteiger partial charge in [0.2, 0.25) is 0 Å². The lowest BCUT2D eigenvalue weighted by atomic mass is 10.0. The molecule has 2 aliphatic rings. The lowest BCUT2D eigenvalue weighted by Gasteiger charge is -2.38. The van der Waals surface area contributed by atoms with Crippen molar-refractivity contribution in [3.05, 3.63) is 22.4 Å². The van der Waals surface area contributed by atoms with Gasteiger partial charge in [-0.05, 0) is 67.7 Å². The van der Waals surface area contributed by atoms with Gasteiger partial charge in [-0.2, -0.15) is 11.3 Å². The molecule has 0 radical (unpaired) electrons. The SMILES string of the molecule is O=C(O)C1CCCN1C1CCN(Cc2ccsc2)CC1. The number of hydrogen-bond donors (Lipinski definition) is 1. The molecule has 110 valence electrons. The number of carboxylic acid groups (broad SMARTS) is 1. The zero-order valence-electron chi connectivity index (χ0n) is 11.7. The number of piperidine rings is 1. The fourth-order valence-electron chi connectivity index (χ4n) is 3.54. The van der Waals surface area contributed by atoms with Crippen molar-refractivity contribution in [3.63, 3.8) is 0 Å². The minimum absolute atomic E-state index is 0.233. The molecule has 1 aromatic rings. The summed E-state index contributed by atoms with van der Waals surface area (Å²) in [6.45, 7) is 4.18. The minimum atomic E-state index is -0.636. The average Bonchev–Trinajstić information content (AvgIpc) is 3.10. The number of rotatable bonds is 4. The van der Waals surface area contributed by atoms with Gasteiger partial charge in [0.25, 0.3) is 0 Å². The molecule has 1 atom stereocenters. The maximum absolute atomic E-state index is 11.3. The fourth-order valence-corrected chi connectivity index (χ4v) is 4.20. The second-order valence-electron chi connectivity index (χ2n) is 5.87. The Hall–Kier alpha value is -0.910. The lowest BCUT2D eigenvalue weighted by molar-refractivity contribution is -0.143. The van der Waals surface area contributed by atoms with Crippen molar-refractivity contribution >= 4 is 17.3 Å². The highest BCUT2D eigenvalue weighted by Gasteiger charge is 2.36. The van der Waals surface area contributed by atoms with Crippen LogP contribution in [0.1, 0.15) is 31.2 Å². The molecular formula is C15H22N2O2S. The van der Waals surface area contributed by atoms with Gasteiger partial charge in [-0.1, -0.05) is 0 Å². The molecule has 0 saturated carbocycles. The first-order chi connectivity index (χ1) is 9.74. The van der Waals surface area contributed by atoms with Crippen molar-refractivity contribution in [1.82, 2.24) is 9.80 Å². The summed E-state index contributed by atoms with van der Waals surface area (Å²) in [4.78, 5) is 16.0. The molecule has 0 amide bonds. The van der Waals surface area contributed by atoms with Crippen molar-refractivity contribution in [3.8, 4) is 0 Å². The zero-order valence-corrected chi connectivity index (χ0v) is 12.5. The zero-order chi connectivity index (χ0) is 13.9.